The highest BCUT2D eigenvalue weighted by Gasteiger charge is 2.22. The smallest absolute Gasteiger partial charge is 0.333 e. The first-order valence-corrected chi connectivity index (χ1v) is 10.2. The van der Waals surface area contributed by atoms with Crippen molar-refractivity contribution in [3.63, 3.8) is 0 Å². The Bertz CT molecular complexity index is 1490. The number of amides is 1. The number of aromatic nitrogens is 3. The van der Waals surface area contributed by atoms with E-state index in [-0.39, 0.29) is 10.2 Å². The molecule has 0 atom stereocenters. The van der Waals surface area contributed by atoms with E-state index in [0.29, 0.717) is 21.7 Å². The van der Waals surface area contributed by atoms with Crippen LogP contribution in [-0.2, 0) is 14.1 Å². The quantitative estimate of drug-likeness (QED) is 0.467. The first kappa shape index (κ1) is 21.5. The van der Waals surface area contributed by atoms with Crippen LogP contribution in [0.5, 0.6) is 16.8 Å². The Labute approximate surface area is 187 Å². The van der Waals surface area contributed by atoms with E-state index in [9.17, 15) is 23.9 Å². The molecule has 2 aromatic heterocycles. The van der Waals surface area contributed by atoms with E-state index in [1.807, 2.05) is 0 Å². The summed E-state index contributed by atoms with van der Waals surface area (Å²) in [5, 5.41) is 12.8. The standard InChI is InChI=1S/C20H14ClFN4O5S/c1-25-17(28)13(18(29)26(2)20(25)30)16(27)23-9-3-5-10(6-4-9)31-19-24-12-8-7-11(22)14(21)15(12)32-19/h3-8,28H,1-2H3,(H,23,27). The maximum absolute atomic E-state index is 13.6. The maximum Gasteiger partial charge on any atom is 0.333 e. The Morgan fingerprint density at radius 3 is 2.53 bits per heavy atom. The lowest BCUT2D eigenvalue weighted by Crippen LogP contribution is -2.40. The van der Waals surface area contributed by atoms with Crippen molar-refractivity contribution in [2.24, 2.45) is 14.1 Å². The van der Waals surface area contributed by atoms with Gasteiger partial charge in [0, 0.05) is 19.8 Å². The molecular weight excluding hydrogens is 463 g/mol. The van der Waals surface area contributed by atoms with Gasteiger partial charge in [-0.2, -0.15) is 0 Å². The molecule has 164 valence electrons. The van der Waals surface area contributed by atoms with Crippen LogP contribution >= 0.6 is 22.9 Å². The summed E-state index contributed by atoms with van der Waals surface area (Å²) in [6.45, 7) is 0. The van der Waals surface area contributed by atoms with Crippen LogP contribution < -0.4 is 21.3 Å². The lowest BCUT2D eigenvalue weighted by molar-refractivity contribution is 0.102. The van der Waals surface area contributed by atoms with Crippen molar-refractivity contribution in [3.05, 3.63) is 73.6 Å². The molecule has 0 aliphatic carbocycles. The molecule has 0 saturated heterocycles. The number of carbonyl (C=O) groups excluding carboxylic acids is 1. The van der Waals surface area contributed by atoms with Crippen LogP contribution in [0.2, 0.25) is 5.02 Å². The summed E-state index contributed by atoms with van der Waals surface area (Å²) in [7, 11) is 2.44. The largest absolute Gasteiger partial charge is 0.494 e. The molecule has 0 saturated carbocycles. The summed E-state index contributed by atoms with van der Waals surface area (Å²) in [6, 6.07) is 8.83. The number of carbonyl (C=O) groups is 1. The summed E-state index contributed by atoms with van der Waals surface area (Å²) >= 11 is 7.04. The van der Waals surface area contributed by atoms with E-state index in [1.165, 1.54) is 38.4 Å². The minimum atomic E-state index is -0.922. The highest BCUT2D eigenvalue weighted by Crippen LogP contribution is 2.36. The highest BCUT2D eigenvalue weighted by atomic mass is 35.5. The lowest BCUT2D eigenvalue weighted by atomic mass is 10.2. The molecule has 4 rings (SSSR count). The molecule has 0 spiro atoms. The topological polar surface area (TPSA) is 115 Å². The minimum Gasteiger partial charge on any atom is -0.494 e. The molecule has 0 aliphatic heterocycles. The maximum atomic E-state index is 13.6. The number of nitrogens with zero attached hydrogens (tertiary/aromatic N) is 3. The van der Waals surface area contributed by atoms with Gasteiger partial charge in [0.1, 0.15) is 11.6 Å². The first-order valence-electron chi connectivity index (χ1n) is 9.00. The van der Waals surface area contributed by atoms with Gasteiger partial charge in [0.05, 0.1) is 15.2 Å². The molecule has 2 heterocycles. The summed E-state index contributed by atoms with van der Waals surface area (Å²) < 4.78 is 21.2. The van der Waals surface area contributed by atoms with Crippen LogP contribution in [0.1, 0.15) is 10.4 Å². The third-order valence-corrected chi connectivity index (χ3v) is 6.06. The van der Waals surface area contributed by atoms with Crippen molar-refractivity contribution < 1.29 is 19.0 Å². The normalized spacial score (nSPS) is 11.0. The Morgan fingerprint density at radius 1 is 1.16 bits per heavy atom. The third-order valence-electron chi connectivity index (χ3n) is 4.61. The van der Waals surface area contributed by atoms with Crippen molar-refractivity contribution in [1.29, 1.82) is 0 Å². The minimum absolute atomic E-state index is 0.0271. The predicted molar refractivity (Wildman–Crippen MR) is 118 cm³/mol. The Hall–Kier alpha value is -3.70. The Morgan fingerprint density at radius 2 is 1.84 bits per heavy atom. The van der Waals surface area contributed by atoms with Gasteiger partial charge in [-0.1, -0.05) is 22.9 Å². The van der Waals surface area contributed by atoms with Crippen molar-refractivity contribution >= 4 is 44.7 Å². The second-order valence-corrected chi connectivity index (χ2v) is 8.01. The fourth-order valence-corrected chi connectivity index (χ4v) is 4.03. The first-order chi connectivity index (χ1) is 15.2. The molecule has 0 bridgehead atoms. The number of hydrogen-bond acceptors (Lipinski definition) is 7. The Kier molecular flexibility index (Phi) is 5.45. The molecule has 0 fully saturated rings. The number of rotatable bonds is 4. The highest BCUT2D eigenvalue weighted by molar-refractivity contribution is 7.20. The van der Waals surface area contributed by atoms with Crippen LogP contribution in [0.4, 0.5) is 10.1 Å². The van der Waals surface area contributed by atoms with E-state index < -0.39 is 34.4 Å². The summed E-state index contributed by atoms with van der Waals surface area (Å²) in [5.41, 5.74) is -1.43. The predicted octanol–water partition coefficient (Wildman–Crippen LogP) is 3.24. The molecule has 9 nitrogen and oxygen atoms in total. The fourth-order valence-electron chi connectivity index (χ4n) is 2.89. The number of hydrogen-bond donors (Lipinski definition) is 2. The number of nitrogens with one attached hydrogen (secondary N) is 1. The molecule has 0 unspecified atom stereocenters. The number of thiazole rings is 1. The van der Waals surface area contributed by atoms with E-state index in [2.05, 4.69) is 10.3 Å². The van der Waals surface area contributed by atoms with Gasteiger partial charge < -0.3 is 15.2 Å². The van der Waals surface area contributed by atoms with E-state index in [1.54, 1.807) is 12.1 Å². The summed E-state index contributed by atoms with van der Waals surface area (Å²) in [5.74, 6) is -1.77. The number of fused-ring (bicyclic) bond motifs is 1. The van der Waals surface area contributed by atoms with E-state index >= 15 is 0 Å². The van der Waals surface area contributed by atoms with Gasteiger partial charge in [0.15, 0.2) is 5.56 Å². The van der Waals surface area contributed by atoms with Crippen molar-refractivity contribution in [1.82, 2.24) is 14.1 Å². The van der Waals surface area contributed by atoms with Gasteiger partial charge in [-0.25, -0.2) is 14.2 Å². The molecular formula is C20H14ClFN4O5S. The molecule has 2 aromatic carbocycles. The zero-order chi connectivity index (χ0) is 23.2. The van der Waals surface area contributed by atoms with Gasteiger partial charge in [0.2, 0.25) is 5.88 Å². The van der Waals surface area contributed by atoms with Gasteiger partial charge >= 0.3 is 5.69 Å². The number of anilines is 1. The molecule has 32 heavy (non-hydrogen) atoms. The molecule has 4 aromatic rings. The van der Waals surface area contributed by atoms with Gasteiger partial charge in [-0.15, -0.1) is 0 Å². The van der Waals surface area contributed by atoms with Gasteiger partial charge in [-0.05, 0) is 36.4 Å². The zero-order valence-electron chi connectivity index (χ0n) is 16.6. The molecule has 12 heteroatoms. The van der Waals surface area contributed by atoms with Gasteiger partial charge in [0.25, 0.3) is 16.7 Å². The summed E-state index contributed by atoms with van der Waals surface area (Å²) in [6.07, 6.45) is 0. The molecule has 2 N–H and O–H groups in total. The lowest BCUT2D eigenvalue weighted by Gasteiger charge is -2.11. The monoisotopic (exact) mass is 476 g/mol. The van der Waals surface area contributed by atoms with Crippen molar-refractivity contribution in [2.45, 2.75) is 0 Å². The van der Waals surface area contributed by atoms with Crippen LogP contribution in [-0.4, -0.2) is 25.1 Å². The second kappa shape index (κ2) is 8.09. The van der Waals surface area contributed by atoms with Crippen molar-refractivity contribution in [3.8, 4) is 16.8 Å². The van der Waals surface area contributed by atoms with Crippen LogP contribution in [0.25, 0.3) is 10.2 Å². The molecule has 0 aliphatic rings. The number of ether oxygens (including phenoxy) is 1. The zero-order valence-corrected chi connectivity index (χ0v) is 18.1. The van der Waals surface area contributed by atoms with Gasteiger partial charge in [-0.3, -0.25) is 18.7 Å². The fraction of sp³-hybridized carbons (Fsp3) is 0.100. The molecule has 0 radical (unpaired) electrons. The number of benzene rings is 2. The van der Waals surface area contributed by atoms with Crippen LogP contribution in [0.15, 0.2) is 46.0 Å². The number of aromatic hydroxyl groups is 1. The SMILES string of the molecule is Cn1c(O)c(C(=O)Nc2ccc(Oc3nc4ccc(F)c(Cl)c4s3)cc2)c(=O)n(C)c1=O. The number of halogens is 2. The van der Waals surface area contributed by atoms with Crippen LogP contribution in [0.3, 0.4) is 0 Å². The average molecular weight is 477 g/mol. The third kappa shape index (κ3) is 3.72. The van der Waals surface area contributed by atoms with E-state index in [4.69, 9.17) is 16.3 Å². The van der Waals surface area contributed by atoms with Crippen LogP contribution in [0, 0.1) is 5.82 Å². The van der Waals surface area contributed by atoms with E-state index in [0.717, 1.165) is 20.5 Å². The Balaban J connectivity index is 1.54. The average Bonchev–Trinajstić information content (AvgIpc) is 3.18. The summed E-state index contributed by atoms with van der Waals surface area (Å²) in [4.78, 5) is 40.8. The molecule has 1 amide bonds. The van der Waals surface area contributed by atoms with Crippen molar-refractivity contribution in [2.75, 3.05) is 5.32 Å². The second-order valence-electron chi connectivity index (χ2n) is 6.67.